The first kappa shape index (κ1) is 27.2. The SMILES string of the molecule is CNC(=O)[C@@H](Cc1ccccc1)N(Cc1ccc(Cl)cc1)C(=O)CN(c1ccc(F)cc1)S(C)(=O)=O. The van der Waals surface area contributed by atoms with E-state index in [2.05, 4.69) is 5.32 Å². The molecule has 2 amide bonds. The van der Waals surface area contributed by atoms with Gasteiger partial charge in [0.25, 0.3) is 0 Å². The molecule has 0 aliphatic heterocycles. The molecule has 0 bridgehead atoms. The maximum absolute atomic E-state index is 13.7. The van der Waals surface area contributed by atoms with Crippen LogP contribution in [0.2, 0.25) is 5.02 Å². The van der Waals surface area contributed by atoms with Crippen molar-refractivity contribution in [2.45, 2.75) is 19.0 Å². The van der Waals surface area contributed by atoms with Gasteiger partial charge in [-0.25, -0.2) is 12.8 Å². The topological polar surface area (TPSA) is 86.8 Å². The highest BCUT2D eigenvalue weighted by Gasteiger charge is 2.32. The third-order valence-corrected chi connectivity index (χ3v) is 6.97. The van der Waals surface area contributed by atoms with Crippen LogP contribution in [0.4, 0.5) is 10.1 Å². The van der Waals surface area contributed by atoms with Crippen LogP contribution in [0, 0.1) is 5.82 Å². The maximum Gasteiger partial charge on any atom is 0.244 e. The van der Waals surface area contributed by atoms with E-state index in [1.54, 1.807) is 24.3 Å². The number of nitrogens with one attached hydrogen (secondary N) is 1. The molecular weight excluding hydrogens is 505 g/mol. The number of amides is 2. The first-order valence-corrected chi connectivity index (χ1v) is 13.3. The van der Waals surface area contributed by atoms with Crippen molar-refractivity contribution in [2.75, 3.05) is 24.2 Å². The largest absolute Gasteiger partial charge is 0.357 e. The summed E-state index contributed by atoms with van der Waals surface area (Å²) < 4.78 is 39.5. The summed E-state index contributed by atoms with van der Waals surface area (Å²) in [5, 5.41) is 3.13. The summed E-state index contributed by atoms with van der Waals surface area (Å²) in [6.45, 7) is -0.526. The van der Waals surface area contributed by atoms with E-state index in [1.807, 2.05) is 30.3 Å². The number of hydrogen-bond donors (Lipinski definition) is 1. The van der Waals surface area contributed by atoms with Gasteiger partial charge in [0.15, 0.2) is 0 Å². The number of carbonyl (C=O) groups is 2. The second-order valence-corrected chi connectivity index (χ2v) is 10.6. The predicted octanol–water partition coefficient (Wildman–Crippen LogP) is 3.63. The van der Waals surface area contributed by atoms with Crippen LogP contribution in [0.3, 0.4) is 0 Å². The Morgan fingerprint density at radius 3 is 2.11 bits per heavy atom. The number of sulfonamides is 1. The van der Waals surface area contributed by atoms with E-state index in [4.69, 9.17) is 11.6 Å². The minimum absolute atomic E-state index is 0.0436. The molecule has 0 saturated heterocycles. The van der Waals surface area contributed by atoms with E-state index in [0.29, 0.717) is 10.6 Å². The van der Waals surface area contributed by atoms with Gasteiger partial charge in [-0.1, -0.05) is 54.1 Å². The molecule has 0 fully saturated rings. The van der Waals surface area contributed by atoms with E-state index in [-0.39, 0.29) is 18.7 Å². The zero-order valence-electron chi connectivity index (χ0n) is 19.9. The van der Waals surface area contributed by atoms with E-state index < -0.39 is 40.2 Å². The first-order chi connectivity index (χ1) is 17.1. The Hall–Kier alpha value is -3.43. The highest BCUT2D eigenvalue weighted by atomic mass is 35.5. The van der Waals surface area contributed by atoms with E-state index in [9.17, 15) is 22.4 Å². The predicted molar refractivity (Wildman–Crippen MR) is 139 cm³/mol. The van der Waals surface area contributed by atoms with Crippen molar-refractivity contribution in [2.24, 2.45) is 0 Å². The quantitative estimate of drug-likeness (QED) is 0.433. The molecule has 10 heteroatoms. The summed E-state index contributed by atoms with van der Waals surface area (Å²) in [7, 11) is -2.42. The lowest BCUT2D eigenvalue weighted by molar-refractivity contribution is -0.139. The molecule has 190 valence electrons. The summed E-state index contributed by atoms with van der Waals surface area (Å²) in [6, 6.07) is 19.9. The van der Waals surface area contributed by atoms with Crippen LogP contribution in [-0.4, -0.2) is 51.0 Å². The Morgan fingerprint density at radius 2 is 1.56 bits per heavy atom. The van der Waals surface area contributed by atoms with Gasteiger partial charge in [0.2, 0.25) is 21.8 Å². The van der Waals surface area contributed by atoms with Gasteiger partial charge in [0.05, 0.1) is 11.9 Å². The van der Waals surface area contributed by atoms with Crippen molar-refractivity contribution in [3.8, 4) is 0 Å². The van der Waals surface area contributed by atoms with Crippen molar-refractivity contribution >= 4 is 39.1 Å². The second-order valence-electron chi connectivity index (χ2n) is 8.21. The minimum Gasteiger partial charge on any atom is -0.357 e. The van der Waals surface area contributed by atoms with Gasteiger partial charge in [-0.15, -0.1) is 0 Å². The summed E-state index contributed by atoms with van der Waals surface area (Å²) in [5.41, 5.74) is 1.68. The van der Waals surface area contributed by atoms with Crippen molar-refractivity contribution in [3.05, 3.63) is 101 Å². The molecule has 1 N–H and O–H groups in total. The molecule has 0 heterocycles. The molecule has 36 heavy (non-hydrogen) atoms. The molecule has 0 saturated carbocycles. The molecule has 0 aliphatic rings. The molecule has 3 aromatic rings. The lowest BCUT2D eigenvalue weighted by atomic mass is 10.0. The van der Waals surface area contributed by atoms with Gasteiger partial charge >= 0.3 is 0 Å². The maximum atomic E-state index is 13.7. The van der Waals surface area contributed by atoms with Crippen molar-refractivity contribution in [1.29, 1.82) is 0 Å². The zero-order chi connectivity index (χ0) is 26.3. The molecular formula is C26H27ClFN3O4S. The number of rotatable bonds is 10. The number of likely N-dealkylation sites (N-methyl/N-ethyl adjacent to an activating group) is 1. The molecule has 0 spiro atoms. The Morgan fingerprint density at radius 1 is 0.944 bits per heavy atom. The van der Waals surface area contributed by atoms with Crippen LogP contribution in [-0.2, 0) is 32.6 Å². The average molecular weight is 532 g/mol. The van der Waals surface area contributed by atoms with Crippen LogP contribution in [0.1, 0.15) is 11.1 Å². The van der Waals surface area contributed by atoms with E-state index in [1.165, 1.54) is 24.1 Å². The Kier molecular flexibility index (Phi) is 9.06. The zero-order valence-corrected chi connectivity index (χ0v) is 21.5. The highest BCUT2D eigenvalue weighted by molar-refractivity contribution is 7.92. The number of nitrogens with zero attached hydrogens (tertiary/aromatic N) is 2. The number of hydrogen-bond acceptors (Lipinski definition) is 4. The third kappa shape index (κ3) is 7.29. The fraction of sp³-hybridized carbons (Fsp3) is 0.231. The molecule has 0 radical (unpaired) electrons. The van der Waals surface area contributed by atoms with Crippen LogP contribution in [0.15, 0.2) is 78.9 Å². The lowest BCUT2D eigenvalue weighted by Gasteiger charge is -2.33. The summed E-state index contributed by atoms with van der Waals surface area (Å²) in [5.74, 6) is -1.52. The summed E-state index contributed by atoms with van der Waals surface area (Å²) in [4.78, 5) is 28.1. The summed E-state index contributed by atoms with van der Waals surface area (Å²) in [6.07, 6.45) is 1.18. The van der Waals surface area contributed by atoms with Crippen molar-refractivity contribution in [1.82, 2.24) is 10.2 Å². The number of carbonyl (C=O) groups excluding carboxylic acids is 2. The number of anilines is 1. The van der Waals surface area contributed by atoms with Crippen LogP contribution in [0.25, 0.3) is 0 Å². The van der Waals surface area contributed by atoms with Crippen molar-refractivity contribution in [3.63, 3.8) is 0 Å². The van der Waals surface area contributed by atoms with Gasteiger partial charge in [-0.3, -0.25) is 13.9 Å². The third-order valence-electron chi connectivity index (χ3n) is 5.58. The second kappa shape index (κ2) is 12.0. The average Bonchev–Trinajstić information content (AvgIpc) is 2.86. The molecule has 3 aromatic carbocycles. The molecule has 1 atom stereocenters. The van der Waals surface area contributed by atoms with Crippen molar-refractivity contribution < 1.29 is 22.4 Å². The summed E-state index contributed by atoms with van der Waals surface area (Å²) >= 11 is 6.01. The Bertz CT molecular complexity index is 1290. The van der Waals surface area contributed by atoms with Gasteiger partial charge in [0, 0.05) is 25.0 Å². The normalized spacial score (nSPS) is 12.0. The van der Waals surface area contributed by atoms with Gasteiger partial charge in [0.1, 0.15) is 18.4 Å². The standard InChI is InChI=1S/C26H27ClFN3O4S/c1-29-26(33)24(16-19-6-4-3-5-7-19)30(17-20-8-10-21(27)11-9-20)25(32)18-31(36(2,34)35)23-14-12-22(28)13-15-23/h3-15,24H,16-18H2,1-2H3,(H,29,33)/t24-/m1/s1. The number of halogens is 2. The number of benzene rings is 3. The first-order valence-electron chi connectivity index (χ1n) is 11.1. The minimum atomic E-state index is -3.90. The van der Waals surface area contributed by atoms with Crippen LogP contribution >= 0.6 is 11.6 Å². The van der Waals surface area contributed by atoms with Crippen LogP contribution < -0.4 is 9.62 Å². The van der Waals surface area contributed by atoms with Gasteiger partial charge < -0.3 is 10.2 Å². The smallest absolute Gasteiger partial charge is 0.244 e. The Balaban J connectivity index is 2.00. The monoisotopic (exact) mass is 531 g/mol. The molecule has 0 unspecified atom stereocenters. The molecule has 0 aromatic heterocycles. The molecule has 0 aliphatic carbocycles. The fourth-order valence-corrected chi connectivity index (χ4v) is 4.70. The highest BCUT2D eigenvalue weighted by Crippen LogP contribution is 2.21. The molecule has 7 nitrogen and oxygen atoms in total. The van der Waals surface area contributed by atoms with E-state index >= 15 is 0 Å². The van der Waals surface area contributed by atoms with Gasteiger partial charge in [-0.2, -0.15) is 0 Å². The fourth-order valence-electron chi connectivity index (χ4n) is 3.73. The van der Waals surface area contributed by atoms with E-state index in [0.717, 1.165) is 28.3 Å². The lowest BCUT2D eigenvalue weighted by Crippen LogP contribution is -2.52. The Labute approximate surface area is 215 Å². The van der Waals surface area contributed by atoms with Gasteiger partial charge in [-0.05, 0) is 47.5 Å². The molecule has 3 rings (SSSR count). The van der Waals surface area contributed by atoms with Crippen LogP contribution in [0.5, 0.6) is 0 Å².